The van der Waals surface area contributed by atoms with Crippen LogP contribution in [0, 0.1) is 0 Å². The molecule has 3 nitrogen and oxygen atoms in total. The number of halogens is 3. The lowest BCUT2D eigenvalue weighted by Crippen LogP contribution is -2.40. The van der Waals surface area contributed by atoms with Gasteiger partial charge in [-0.2, -0.15) is 0 Å². The summed E-state index contributed by atoms with van der Waals surface area (Å²) in [5.41, 5.74) is 9.25. The summed E-state index contributed by atoms with van der Waals surface area (Å²) in [6.45, 7) is 0.706. The van der Waals surface area contributed by atoms with Crippen LogP contribution in [0.15, 0.2) is 48.7 Å². The summed E-state index contributed by atoms with van der Waals surface area (Å²) in [6.07, 6.45) is 6.03. The van der Waals surface area contributed by atoms with Crippen LogP contribution in [0.5, 0.6) is 0 Å². The Labute approximate surface area is 180 Å². The highest BCUT2D eigenvalue weighted by atomic mass is 35.5. The fourth-order valence-electron chi connectivity index (χ4n) is 4.01. The lowest BCUT2D eigenvalue weighted by molar-refractivity contribution is 0.375. The quantitative estimate of drug-likeness (QED) is 0.511. The van der Waals surface area contributed by atoms with Crippen LogP contribution >= 0.6 is 34.8 Å². The molecule has 6 heteroatoms. The summed E-state index contributed by atoms with van der Waals surface area (Å²) in [4.78, 5) is 6.95. The first kappa shape index (κ1) is 19.8. The van der Waals surface area contributed by atoms with Gasteiger partial charge >= 0.3 is 0 Å². The van der Waals surface area contributed by atoms with Crippen LogP contribution in [0.25, 0.3) is 10.9 Å². The van der Waals surface area contributed by atoms with Crippen LogP contribution in [0.3, 0.4) is 0 Å². The third kappa shape index (κ3) is 4.23. The molecule has 0 atom stereocenters. The van der Waals surface area contributed by atoms with Gasteiger partial charge in [-0.25, -0.2) is 0 Å². The van der Waals surface area contributed by atoms with Crippen LogP contribution in [-0.2, 0) is 6.54 Å². The van der Waals surface area contributed by atoms with Crippen LogP contribution in [0.4, 0.5) is 5.69 Å². The minimum atomic E-state index is 0.296. The molecule has 0 spiro atoms. The monoisotopic (exact) mass is 433 g/mol. The predicted molar refractivity (Wildman–Crippen MR) is 120 cm³/mol. The van der Waals surface area contributed by atoms with Gasteiger partial charge in [-0.15, -0.1) is 0 Å². The van der Waals surface area contributed by atoms with E-state index in [1.54, 1.807) is 6.07 Å². The summed E-state index contributed by atoms with van der Waals surface area (Å²) in [7, 11) is 0. The number of fused-ring (bicyclic) bond motifs is 1. The number of rotatable bonds is 4. The van der Waals surface area contributed by atoms with Crippen LogP contribution in [0.1, 0.15) is 31.2 Å². The molecule has 0 amide bonds. The largest absolute Gasteiger partial charge is 0.364 e. The average Bonchev–Trinajstić information content (AvgIpc) is 2.68. The maximum atomic E-state index is 6.50. The Bertz CT molecular complexity index is 984. The molecule has 1 aliphatic rings. The van der Waals surface area contributed by atoms with Gasteiger partial charge in [-0.05, 0) is 67.6 Å². The standard InChI is InChI=1S/C22H22Cl3N3/c23-15-2-1-14(20(25)11-15)13-28(18-6-4-17(26)5-7-18)22-9-10-27-21-12-16(24)3-8-19(21)22/h1-3,8-12,17-18H,4-7,13,26H2. The molecule has 1 fully saturated rings. The van der Waals surface area contributed by atoms with Crippen LogP contribution < -0.4 is 10.6 Å². The van der Waals surface area contributed by atoms with Crippen molar-refractivity contribution < 1.29 is 0 Å². The van der Waals surface area contributed by atoms with E-state index in [1.165, 1.54) is 0 Å². The number of aromatic nitrogens is 1. The third-order valence-electron chi connectivity index (χ3n) is 5.53. The van der Waals surface area contributed by atoms with Crippen molar-refractivity contribution in [2.45, 2.75) is 44.3 Å². The Balaban J connectivity index is 1.77. The van der Waals surface area contributed by atoms with Gasteiger partial charge in [0, 0.05) is 51.0 Å². The normalized spacial score (nSPS) is 19.7. The summed E-state index contributed by atoms with van der Waals surface area (Å²) in [6, 6.07) is 14.3. The number of hydrogen-bond acceptors (Lipinski definition) is 3. The van der Waals surface area contributed by atoms with Gasteiger partial charge in [-0.1, -0.05) is 40.9 Å². The van der Waals surface area contributed by atoms with Gasteiger partial charge in [-0.3, -0.25) is 4.98 Å². The Morgan fingerprint density at radius 2 is 1.64 bits per heavy atom. The molecule has 4 rings (SSSR count). The van der Waals surface area contributed by atoms with Crippen LogP contribution in [-0.4, -0.2) is 17.1 Å². The van der Waals surface area contributed by atoms with Gasteiger partial charge < -0.3 is 10.6 Å². The molecule has 3 aromatic rings. The zero-order valence-corrected chi connectivity index (χ0v) is 17.7. The van der Waals surface area contributed by atoms with E-state index in [-0.39, 0.29) is 0 Å². The lowest BCUT2D eigenvalue weighted by atomic mass is 9.90. The minimum absolute atomic E-state index is 0.296. The number of benzene rings is 2. The number of anilines is 1. The highest BCUT2D eigenvalue weighted by Gasteiger charge is 2.26. The first-order chi connectivity index (χ1) is 13.5. The Morgan fingerprint density at radius 3 is 2.39 bits per heavy atom. The molecule has 1 saturated carbocycles. The maximum absolute atomic E-state index is 6.50. The second-order valence-corrected chi connectivity index (χ2v) is 8.70. The molecule has 146 valence electrons. The average molecular weight is 435 g/mol. The fraction of sp³-hybridized carbons (Fsp3) is 0.318. The van der Waals surface area contributed by atoms with E-state index in [0.29, 0.717) is 33.7 Å². The summed E-state index contributed by atoms with van der Waals surface area (Å²) in [5.74, 6) is 0. The lowest BCUT2D eigenvalue weighted by Gasteiger charge is -2.38. The molecular weight excluding hydrogens is 413 g/mol. The topological polar surface area (TPSA) is 42.1 Å². The first-order valence-electron chi connectivity index (χ1n) is 9.51. The van der Waals surface area contributed by atoms with Gasteiger partial charge in [0.25, 0.3) is 0 Å². The van der Waals surface area contributed by atoms with E-state index in [1.807, 2.05) is 36.5 Å². The minimum Gasteiger partial charge on any atom is -0.364 e. The van der Waals surface area contributed by atoms with Gasteiger partial charge in [0.15, 0.2) is 0 Å². The van der Waals surface area contributed by atoms with Crippen molar-refractivity contribution in [3.8, 4) is 0 Å². The number of pyridine rings is 1. The van der Waals surface area contributed by atoms with Crippen molar-refractivity contribution in [3.05, 3.63) is 69.3 Å². The number of nitrogens with zero attached hydrogens (tertiary/aromatic N) is 2. The van der Waals surface area contributed by atoms with Crippen molar-refractivity contribution in [2.75, 3.05) is 4.90 Å². The van der Waals surface area contributed by atoms with E-state index in [2.05, 4.69) is 16.0 Å². The van der Waals surface area contributed by atoms with E-state index >= 15 is 0 Å². The number of nitrogens with two attached hydrogens (primary N) is 1. The van der Waals surface area contributed by atoms with Gasteiger partial charge in [0.1, 0.15) is 0 Å². The molecular formula is C22H22Cl3N3. The molecule has 2 aromatic carbocycles. The predicted octanol–water partition coefficient (Wildman–Crippen LogP) is 6.47. The molecule has 28 heavy (non-hydrogen) atoms. The van der Waals surface area contributed by atoms with E-state index in [9.17, 15) is 0 Å². The van der Waals surface area contributed by atoms with Crippen molar-refractivity contribution in [2.24, 2.45) is 5.73 Å². The second kappa shape index (κ2) is 8.46. The van der Waals surface area contributed by atoms with Crippen molar-refractivity contribution >= 4 is 51.4 Å². The summed E-state index contributed by atoms with van der Waals surface area (Å²) >= 11 is 18.8. The van der Waals surface area contributed by atoms with E-state index in [0.717, 1.165) is 47.8 Å². The molecule has 0 bridgehead atoms. The van der Waals surface area contributed by atoms with Gasteiger partial charge in [0.05, 0.1) is 5.52 Å². The molecule has 0 radical (unpaired) electrons. The molecule has 2 N–H and O–H groups in total. The van der Waals surface area contributed by atoms with E-state index < -0.39 is 0 Å². The zero-order chi connectivity index (χ0) is 19.7. The first-order valence-corrected chi connectivity index (χ1v) is 10.6. The van der Waals surface area contributed by atoms with Crippen molar-refractivity contribution in [1.29, 1.82) is 0 Å². The fourth-order valence-corrected chi connectivity index (χ4v) is 4.65. The van der Waals surface area contributed by atoms with Crippen LogP contribution in [0.2, 0.25) is 15.1 Å². The van der Waals surface area contributed by atoms with Crippen molar-refractivity contribution in [3.63, 3.8) is 0 Å². The Morgan fingerprint density at radius 1 is 0.929 bits per heavy atom. The van der Waals surface area contributed by atoms with Gasteiger partial charge in [0.2, 0.25) is 0 Å². The highest BCUT2D eigenvalue weighted by Crippen LogP contribution is 2.35. The maximum Gasteiger partial charge on any atom is 0.0737 e. The third-order valence-corrected chi connectivity index (χ3v) is 6.35. The Kier molecular flexibility index (Phi) is 5.98. The van der Waals surface area contributed by atoms with E-state index in [4.69, 9.17) is 40.5 Å². The number of hydrogen-bond donors (Lipinski definition) is 1. The molecule has 1 aliphatic carbocycles. The molecule has 1 heterocycles. The smallest absolute Gasteiger partial charge is 0.0737 e. The highest BCUT2D eigenvalue weighted by molar-refractivity contribution is 6.35. The van der Waals surface area contributed by atoms with Crippen molar-refractivity contribution in [1.82, 2.24) is 4.98 Å². The molecule has 0 saturated heterocycles. The Hall–Kier alpha value is -1.52. The molecule has 1 aromatic heterocycles. The molecule has 0 unspecified atom stereocenters. The molecule has 0 aliphatic heterocycles. The summed E-state index contributed by atoms with van der Waals surface area (Å²) in [5, 5.41) is 3.11. The zero-order valence-electron chi connectivity index (χ0n) is 15.4. The SMILES string of the molecule is NC1CCC(N(Cc2ccc(Cl)cc2Cl)c2ccnc3cc(Cl)ccc23)CC1. The second-order valence-electron chi connectivity index (χ2n) is 7.42. The summed E-state index contributed by atoms with van der Waals surface area (Å²) < 4.78 is 0.